The number of ether oxygens (including phenoxy) is 1. The Morgan fingerprint density at radius 3 is 2.56 bits per heavy atom. The zero-order valence-electron chi connectivity index (χ0n) is 18.7. The highest BCUT2D eigenvalue weighted by Gasteiger charge is 2.56. The highest BCUT2D eigenvalue weighted by Crippen LogP contribution is 2.56. The smallest absolute Gasteiger partial charge is 0.207 e. The largest absolute Gasteiger partial charge is 0.493 e. The van der Waals surface area contributed by atoms with E-state index in [0.717, 1.165) is 37.0 Å². The van der Waals surface area contributed by atoms with Gasteiger partial charge in [-0.1, -0.05) is 42.5 Å². The van der Waals surface area contributed by atoms with E-state index in [-0.39, 0.29) is 0 Å². The number of hydrogen-bond acceptors (Lipinski definition) is 4. The average Bonchev–Trinajstić information content (AvgIpc) is 2.77. The molecule has 2 atom stereocenters. The van der Waals surface area contributed by atoms with Crippen LogP contribution in [0.1, 0.15) is 43.2 Å². The van der Waals surface area contributed by atoms with Crippen LogP contribution >= 0.6 is 0 Å². The van der Waals surface area contributed by atoms with Gasteiger partial charge >= 0.3 is 0 Å². The molecule has 0 heterocycles. The topological polar surface area (TPSA) is 68.9 Å². The fourth-order valence-corrected chi connectivity index (χ4v) is 6.78. The van der Waals surface area contributed by atoms with Crippen LogP contribution in [0.5, 0.6) is 5.75 Å². The lowest BCUT2D eigenvalue weighted by Crippen LogP contribution is -2.61. The Hall–Kier alpha value is -2.84. The predicted molar refractivity (Wildman–Crippen MR) is 124 cm³/mol. The van der Waals surface area contributed by atoms with Crippen LogP contribution in [-0.2, 0) is 6.42 Å². The maximum absolute atomic E-state index is 10.9. The molecule has 4 fully saturated rings. The first-order valence-corrected chi connectivity index (χ1v) is 11.7. The fraction of sp³-hybridized carbons (Fsp3) is 0.481. The van der Waals surface area contributed by atoms with Crippen LogP contribution in [0.25, 0.3) is 0 Å². The third-order valence-corrected chi connectivity index (χ3v) is 7.72. The van der Waals surface area contributed by atoms with Crippen LogP contribution in [0.2, 0.25) is 0 Å². The Kier molecular flexibility index (Phi) is 5.65. The molecule has 6 rings (SSSR count). The summed E-state index contributed by atoms with van der Waals surface area (Å²) in [5, 5.41) is 20.4. The van der Waals surface area contributed by atoms with Crippen molar-refractivity contribution in [2.75, 3.05) is 13.7 Å². The van der Waals surface area contributed by atoms with E-state index in [1.165, 1.54) is 18.4 Å². The molecule has 0 aromatic heterocycles. The summed E-state index contributed by atoms with van der Waals surface area (Å²) in [6.45, 7) is 0.598. The lowest BCUT2D eigenvalue weighted by Gasteiger charge is -2.60. The molecular weight excluding hydrogens is 398 g/mol. The van der Waals surface area contributed by atoms with Crippen molar-refractivity contribution >= 4 is 5.84 Å². The Morgan fingerprint density at radius 1 is 1.12 bits per heavy atom. The maximum Gasteiger partial charge on any atom is 0.207 e. The molecule has 4 saturated carbocycles. The number of nitriles is 1. The van der Waals surface area contributed by atoms with Crippen molar-refractivity contribution in [3.8, 4) is 11.9 Å². The van der Waals surface area contributed by atoms with Crippen LogP contribution in [-0.4, -0.2) is 41.1 Å². The molecule has 0 amide bonds. The summed E-state index contributed by atoms with van der Waals surface area (Å²) in [5.41, 5.74) is 1.69. The summed E-state index contributed by atoms with van der Waals surface area (Å²) in [4.78, 5) is 6.45. The number of rotatable bonds is 6. The van der Waals surface area contributed by atoms with Gasteiger partial charge in [0.1, 0.15) is 11.6 Å². The molecule has 1 N–H and O–H groups in total. The summed E-state index contributed by atoms with van der Waals surface area (Å²) in [6.07, 6.45) is 7.93. The van der Waals surface area contributed by atoms with E-state index in [1.54, 1.807) is 0 Å². The molecule has 32 heavy (non-hydrogen) atoms. The summed E-state index contributed by atoms with van der Waals surface area (Å²) >= 11 is 0. The van der Waals surface area contributed by atoms with Crippen LogP contribution in [0, 0.1) is 29.2 Å². The lowest BCUT2D eigenvalue weighted by atomic mass is 9.52. The number of amidine groups is 1. The lowest BCUT2D eigenvalue weighted by molar-refractivity contribution is -0.149. The summed E-state index contributed by atoms with van der Waals surface area (Å²) < 4.78 is 6.02. The van der Waals surface area contributed by atoms with Gasteiger partial charge in [-0.25, -0.2) is 0 Å². The van der Waals surface area contributed by atoms with Gasteiger partial charge in [0, 0.05) is 25.1 Å². The number of nitrogens with zero attached hydrogens (tertiary/aromatic N) is 3. The quantitative estimate of drug-likeness (QED) is 0.420. The minimum Gasteiger partial charge on any atom is -0.493 e. The van der Waals surface area contributed by atoms with Crippen LogP contribution in [0.3, 0.4) is 0 Å². The molecule has 2 unspecified atom stereocenters. The van der Waals surface area contributed by atoms with E-state index in [2.05, 4.69) is 29.1 Å². The Bertz CT molecular complexity index is 1010. The monoisotopic (exact) mass is 429 g/mol. The second-order valence-corrected chi connectivity index (χ2v) is 9.94. The molecular formula is C27H31N3O2. The molecule has 4 aliphatic rings. The van der Waals surface area contributed by atoms with Crippen molar-refractivity contribution < 1.29 is 9.84 Å². The van der Waals surface area contributed by atoms with E-state index < -0.39 is 5.60 Å². The third kappa shape index (κ3) is 4.12. The zero-order valence-corrected chi connectivity index (χ0v) is 18.7. The van der Waals surface area contributed by atoms with Gasteiger partial charge in [-0.15, -0.1) is 0 Å². The first-order valence-electron chi connectivity index (χ1n) is 11.7. The molecule has 0 radical (unpaired) electrons. The number of aliphatic imine (C=N–C) groups is 1. The SMILES string of the molecule is CN(/C(=N\C#N)c1cccc(OCCc2ccccc2)c1)C1C2CC3CC1CC(O)(C3)C2. The minimum absolute atomic E-state index is 0.321. The van der Waals surface area contributed by atoms with Gasteiger partial charge in [-0.05, 0) is 67.6 Å². The highest BCUT2D eigenvalue weighted by atomic mass is 16.5. The van der Waals surface area contributed by atoms with E-state index >= 15 is 0 Å². The molecule has 4 bridgehead atoms. The van der Waals surface area contributed by atoms with Gasteiger partial charge in [0.15, 0.2) is 0 Å². The van der Waals surface area contributed by atoms with Gasteiger partial charge in [-0.2, -0.15) is 10.3 Å². The van der Waals surface area contributed by atoms with Crippen LogP contribution in [0.15, 0.2) is 59.6 Å². The van der Waals surface area contributed by atoms with Crippen molar-refractivity contribution in [2.24, 2.45) is 22.7 Å². The molecule has 2 aromatic rings. The van der Waals surface area contributed by atoms with Crippen molar-refractivity contribution in [1.82, 2.24) is 4.90 Å². The number of benzene rings is 2. The van der Waals surface area contributed by atoms with Gasteiger partial charge in [0.25, 0.3) is 0 Å². The Labute approximate surface area is 190 Å². The Morgan fingerprint density at radius 2 is 1.88 bits per heavy atom. The van der Waals surface area contributed by atoms with Crippen LogP contribution in [0.4, 0.5) is 0 Å². The second kappa shape index (κ2) is 8.60. The molecule has 0 saturated heterocycles. The van der Waals surface area contributed by atoms with Crippen molar-refractivity contribution in [3.05, 3.63) is 65.7 Å². The van der Waals surface area contributed by atoms with Gasteiger partial charge < -0.3 is 14.7 Å². The molecule has 4 aliphatic carbocycles. The van der Waals surface area contributed by atoms with Crippen LogP contribution < -0.4 is 4.74 Å². The third-order valence-electron chi connectivity index (χ3n) is 7.72. The minimum atomic E-state index is -0.465. The average molecular weight is 430 g/mol. The van der Waals surface area contributed by atoms with E-state index in [9.17, 15) is 10.4 Å². The fourth-order valence-electron chi connectivity index (χ4n) is 6.78. The van der Waals surface area contributed by atoms with Gasteiger partial charge in [0.2, 0.25) is 6.19 Å². The van der Waals surface area contributed by atoms with Crippen molar-refractivity contribution in [2.45, 2.75) is 50.2 Å². The molecule has 0 spiro atoms. The molecule has 2 aromatic carbocycles. The molecule has 0 aliphatic heterocycles. The zero-order chi connectivity index (χ0) is 22.1. The summed E-state index contributed by atoms with van der Waals surface area (Å²) in [5.74, 6) is 3.07. The molecule has 5 nitrogen and oxygen atoms in total. The second-order valence-electron chi connectivity index (χ2n) is 9.94. The summed E-state index contributed by atoms with van der Waals surface area (Å²) in [7, 11) is 2.07. The summed E-state index contributed by atoms with van der Waals surface area (Å²) in [6, 6.07) is 18.5. The van der Waals surface area contributed by atoms with Crippen molar-refractivity contribution in [1.29, 1.82) is 5.26 Å². The molecule has 5 heteroatoms. The standard InChI is InChI=1S/C27H31N3O2/c1-30(25-22-12-20-13-23(25)17-27(31,15-20)16-22)26(29-18-28)21-8-5-9-24(14-21)32-11-10-19-6-3-2-4-7-19/h2-9,14,20,22-23,25,31H,10-13,15-17H2,1H3/b29-26-. The maximum atomic E-state index is 10.9. The first-order chi connectivity index (χ1) is 15.5. The predicted octanol–water partition coefficient (Wildman–Crippen LogP) is 4.41. The van der Waals surface area contributed by atoms with Gasteiger partial charge in [-0.3, -0.25) is 0 Å². The van der Waals surface area contributed by atoms with Gasteiger partial charge in [0.05, 0.1) is 12.2 Å². The van der Waals surface area contributed by atoms with E-state index in [4.69, 9.17) is 4.74 Å². The van der Waals surface area contributed by atoms with Crippen molar-refractivity contribution in [3.63, 3.8) is 0 Å². The normalized spacial score (nSPS) is 30.7. The Balaban J connectivity index is 1.31. The highest BCUT2D eigenvalue weighted by molar-refractivity contribution is 5.99. The number of hydrogen-bond donors (Lipinski definition) is 1. The molecule has 166 valence electrons. The van der Waals surface area contributed by atoms with E-state index in [1.807, 2.05) is 48.7 Å². The van der Waals surface area contributed by atoms with E-state index in [0.29, 0.717) is 36.2 Å². The first kappa shape index (κ1) is 21.0. The number of aliphatic hydroxyl groups is 1.